The predicted octanol–water partition coefficient (Wildman–Crippen LogP) is 4.47. The molecule has 1 saturated carbocycles. The van der Waals surface area contributed by atoms with Crippen LogP contribution in [0.15, 0.2) is 24.4 Å². The fourth-order valence-corrected chi connectivity index (χ4v) is 3.25. The zero-order chi connectivity index (χ0) is 13.5. The zero-order valence-corrected chi connectivity index (χ0v) is 12.6. The van der Waals surface area contributed by atoms with E-state index in [4.69, 9.17) is 0 Å². The zero-order valence-electron chi connectivity index (χ0n) is 10.5. The lowest BCUT2D eigenvalue weighted by Gasteiger charge is -2.28. The van der Waals surface area contributed by atoms with E-state index in [1.807, 2.05) is 10.9 Å². The summed E-state index contributed by atoms with van der Waals surface area (Å²) < 4.78 is 29.4. The highest BCUT2D eigenvalue weighted by molar-refractivity contribution is 14.1. The van der Waals surface area contributed by atoms with Crippen LogP contribution < -0.4 is 0 Å². The number of aromatic nitrogens is 2. The molecule has 1 aliphatic carbocycles. The number of fused-ring (bicyclic) bond motifs is 1. The van der Waals surface area contributed by atoms with Crippen molar-refractivity contribution in [3.05, 3.63) is 28.0 Å². The molecule has 0 bridgehead atoms. The molecule has 0 atom stereocenters. The number of rotatable bonds is 2. The number of alkyl halides is 2. The molecule has 2 nitrogen and oxygen atoms in total. The smallest absolute Gasteiger partial charge is 0.248 e. The first-order valence-electron chi connectivity index (χ1n) is 6.52. The minimum atomic E-state index is -2.45. The average Bonchev–Trinajstić information content (AvgIpc) is 2.74. The van der Waals surface area contributed by atoms with E-state index >= 15 is 0 Å². The fourth-order valence-electron chi connectivity index (χ4n) is 2.73. The van der Waals surface area contributed by atoms with Crippen LogP contribution in [0.4, 0.5) is 8.78 Å². The van der Waals surface area contributed by atoms with Gasteiger partial charge in [0.25, 0.3) is 0 Å². The van der Waals surface area contributed by atoms with Crippen LogP contribution in [0, 0.1) is 9.49 Å². The van der Waals surface area contributed by atoms with Gasteiger partial charge in [0.15, 0.2) is 0 Å². The minimum absolute atomic E-state index is 0.0226. The van der Waals surface area contributed by atoms with Gasteiger partial charge in [0.05, 0.1) is 11.7 Å². The second-order valence-corrected chi connectivity index (χ2v) is 6.57. The van der Waals surface area contributed by atoms with Crippen LogP contribution in [0.1, 0.15) is 25.7 Å². The Balaban J connectivity index is 1.75. The Morgan fingerprint density at radius 2 is 2.05 bits per heavy atom. The summed E-state index contributed by atoms with van der Waals surface area (Å²) in [5, 5.41) is 5.51. The Morgan fingerprint density at radius 3 is 2.79 bits per heavy atom. The molecular formula is C14H15F2IN2. The Morgan fingerprint density at radius 1 is 1.32 bits per heavy atom. The third-order valence-corrected chi connectivity index (χ3v) is 4.54. The predicted molar refractivity (Wildman–Crippen MR) is 79.4 cm³/mol. The molecule has 0 unspecified atom stereocenters. The first kappa shape index (κ1) is 13.3. The fraction of sp³-hybridized carbons (Fsp3) is 0.500. The standard InChI is InChI=1S/C14H15F2IN2/c15-14(16)5-3-10(4-6-14)9-19-13-2-1-12(17)7-11(13)8-18-19/h1-2,7-8,10H,3-6,9H2. The Labute approximate surface area is 124 Å². The number of hydrogen-bond donors (Lipinski definition) is 0. The van der Waals surface area contributed by atoms with E-state index in [9.17, 15) is 8.78 Å². The Bertz CT molecular complexity index is 584. The Kier molecular flexibility index (Phi) is 3.49. The molecule has 1 aliphatic rings. The van der Waals surface area contributed by atoms with E-state index in [-0.39, 0.29) is 12.8 Å². The second-order valence-electron chi connectivity index (χ2n) is 5.33. The molecule has 5 heteroatoms. The molecule has 0 amide bonds. The first-order valence-corrected chi connectivity index (χ1v) is 7.60. The maximum absolute atomic E-state index is 13.1. The lowest BCUT2D eigenvalue weighted by molar-refractivity contribution is -0.0475. The monoisotopic (exact) mass is 376 g/mol. The van der Waals surface area contributed by atoms with Gasteiger partial charge in [-0.05, 0) is 59.5 Å². The molecule has 0 aliphatic heterocycles. The molecule has 0 N–H and O–H groups in total. The van der Waals surface area contributed by atoms with Crippen molar-refractivity contribution in [3.63, 3.8) is 0 Å². The largest absolute Gasteiger partial charge is 0.265 e. The number of halogens is 3. The highest BCUT2D eigenvalue weighted by Crippen LogP contribution is 2.37. The third-order valence-electron chi connectivity index (χ3n) is 3.87. The van der Waals surface area contributed by atoms with E-state index in [2.05, 4.69) is 45.9 Å². The van der Waals surface area contributed by atoms with Gasteiger partial charge in [-0.2, -0.15) is 5.10 Å². The van der Waals surface area contributed by atoms with Crippen molar-refractivity contribution in [1.29, 1.82) is 0 Å². The molecule has 19 heavy (non-hydrogen) atoms. The lowest BCUT2D eigenvalue weighted by atomic mass is 9.87. The van der Waals surface area contributed by atoms with E-state index in [0.717, 1.165) is 17.4 Å². The van der Waals surface area contributed by atoms with Gasteiger partial charge in [-0.25, -0.2) is 8.78 Å². The van der Waals surface area contributed by atoms with Crippen LogP contribution in [-0.4, -0.2) is 15.7 Å². The van der Waals surface area contributed by atoms with Crippen molar-refractivity contribution in [2.24, 2.45) is 5.92 Å². The molecule has 0 saturated heterocycles. The summed E-state index contributed by atoms with van der Waals surface area (Å²) >= 11 is 2.28. The van der Waals surface area contributed by atoms with Gasteiger partial charge >= 0.3 is 0 Å². The molecule has 1 aromatic carbocycles. The van der Waals surface area contributed by atoms with Gasteiger partial charge in [-0.15, -0.1) is 0 Å². The number of hydrogen-bond acceptors (Lipinski definition) is 1. The van der Waals surface area contributed by atoms with E-state index < -0.39 is 5.92 Å². The first-order chi connectivity index (χ1) is 9.03. The van der Waals surface area contributed by atoms with Gasteiger partial charge in [0.1, 0.15) is 0 Å². The van der Waals surface area contributed by atoms with Crippen molar-refractivity contribution in [1.82, 2.24) is 9.78 Å². The van der Waals surface area contributed by atoms with Crippen LogP contribution in [0.3, 0.4) is 0 Å². The Hall–Kier alpha value is -0.720. The van der Waals surface area contributed by atoms with Gasteiger partial charge in [-0.3, -0.25) is 4.68 Å². The lowest BCUT2D eigenvalue weighted by Crippen LogP contribution is -2.26. The highest BCUT2D eigenvalue weighted by Gasteiger charge is 2.35. The van der Waals surface area contributed by atoms with Crippen molar-refractivity contribution in [2.45, 2.75) is 38.2 Å². The summed E-state index contributed by atoms with van der Waals surface area (Å²) in [4.78, 5) is 0. The number of benzene rings is 1. The van der Waals surface area contributed by atoms with Gasteiger partial charge in [0, 0.05) is 28.3 Å². The van der Waals surface area contributed by atoms with Crippen LogP contribution in [0.2, 0.25) is 0 Å². The average molecular weight is 376 g/mol. The summed E-state index contributed by atoms with van der Waals surface area (Å²) in [5.74, 6) is -2.12. The maximum Gasteiger partial charge on any atom is 0.248 e. The molecule has 1 fully saturated rings. The van der Waals surface area contributed by atoms with Crippen molar-refractivity contribution >= 4 is 33.5 Å². The molecule has 0 radical (unpaired) electrons. The topological polar surface area (TPSA) is 17.8 Å². The van der Waals surface area contributed by atoms with E-state index in [0.29, 0.717) is 18.8 Å². The molecule has 0 spiro atoms. The normalized spacial score (nSPS) is 19.9. The minimum Gasteiger partial charge on any atom is -0.265 e. The summed E-state index contributed by atoms with van der Waals surface area (Å²) in [6.45, 7) is 0.750. The van der Waals surface area contributed by atoms with Gasteiger partial charge < -0.3 is 0 Å². The summed E-state index contributed by atoms with van der Waals surface area (Å²) in [6, 6.07) is 6.20. The maximum atomic E-state index is 13.1. The van der Waals surface area contributed by atoms with Gasteiger partial charge in [-0.1, -0.05) is 0 Å². The summed E-state index contributed by atoms with van der Waals surface area (Å²) in [7, 11) is 0. The molecule has 3 rings (SSSR count). The van der Waals surface area contributed by atoms with Crippen molar-refractivity contribution in [3.8, 4) is 0 Å². The van der Waals surface area contributed by atoms with Crippen LogP contribution in [0.5, 0.6) is 0 Å². The van der Waals surface area contributed by atoms with Gasteiger partial charge in [0.2, 0.25) is 5.92 Å². The van der Waals surface area contributed by atoms with E-state index in [1.54, 1.807) is 0 Å². The van der Waals surface area contributed by atoms with Crippen molar-refractivity contribution in [2.75, 3.05) is 0 Å². The number of nitrogens with zero attached hydrogens (tertiary/aromatic N) is 2. The van der Waals surface area contributed by atoms with Crippen molar-refractivity contribution < 1.29 is 8.78 Å². The summed E-state index contributed by atoms with van der Waals surface area (Å²) in [6.07, 6.45) is 3.09. The van der Waals surface area contributed by atoms with Crippen LogP contribution in [-0.2, 0) is 6.54 Å². The SMILES string of the molecule is FC1(F)CCC(Cn2ncc3cc(I)ccc32)CC1. The van der Waals surface area contributed by atoms with Crippen LogP contribution >= 0.6 is 22.6 Å². The third kappa shape index (κ3) is 2.90. The second kappa shape index (κ2) is 5.00. The van der Waals surface area contributed by atoms with Crippen LogP contribution in [0.25, 0.3) is 10.9 Å². The molecule has 2 aromatic rings. The van der Waals surface area contributed by atoms with E-state index in [1.165, 1.54) is 3.57 Å². The molecule has 1 heterocycles. The molecule has 102 valence electrons. The summed E-state index contributed by atoms with van der Waals surface area (Å²) in [5.41, 5.74) is 1.10. The molecular weight excluding hydrogens is 361 g/mol. The highest BCUT2D eigenvalue weighted by atomic mass is 127. The molecule has 1 aromatic heterocycles. The quantitative estimate of drug-likeness (QED) is 0.708.